The number of aromatic nitrogens is 1. The number of para-hydroxylation sites is 1. The van der Waals surface area contributed by atoms with Gasteiger partial charge in [0.1, 0.15) is 0 Å². The maximum atomic E-state index is 12.7. The van der Waals surface area contributed by atoms with Crippen LogP contribution in [-0.4, -0.2) is 37.0 Å². The van der Waals surface area contributed by atoms with Crippen LogP contribution >= 0.6 is 0 Å². The van der Waals surface area contributed by atoms with Crippen molar-refractivity contribution in [3.63, 3.8) is 0 Å². The summed E-state index contributed by atoms with van der Waals surface area (Å²) in [6.45, 7) is 2.97. The van der Waals surface area contributed by atoms with Crippen molar-refractivity contribution in [3.8, 4) is 0 Å². The van der Waals surface area contributed by atoms with Crippen molar-refractivity contribution in [3.05, 3.63) is 65.9 Å². The van der Waals surface area contributed by atoms with Gasteiger partial charge in [-0.2, -0.15) is 0 Å². The molecule has 0 bridgehead atoms. The van der Waals surface area contributed by atoms with Gasteiger partial charge in [0.2, 0.25) is 5.78 Å². The Morgan fingerprint density at radius 3 is 2.44 bits per heavy atom. The summed E-state index contributed by atoms with van der Waals surface area (Å²) in [5.41, 5.74) is 1.15. The van der Waals surface area contributed by atoms with Gasteiger partial charge in [-0.25, -0.2) is 13.2 Å². The van der Waals surface area contributed by atoms with Gasteiger partial charge in [0.05, 0.1) is 16.2 Å². The van der Waals surface area contributed by atoms with Gasteiger partial charge in [0, 0.05) is 22.7 Å². The lowest BCUT2D eigenvalue weighted by atomic mass is 10.1. The first-order chi connectivity index (χ1) is 12.8. The molecule has 1 heterocycles. The molecule has 27 heavy (non-hydrogen) atoms. The van der Waals surface area contributed by atoms with Gasteiger partial charge in [-0.05, 0) is 25.1 Å². The Morgan fingerprint density at radius 2 is 1.70 bits per heavy atom. The van der Waals surface area contributed by atoms with Crippen molar-refractivity contribution in [2.75, 3.05) is 5.75 Å². The molecule has 6 nitrogen and oxygen atoms in total. The van der Waals surface area contributed by atoms with E-state index in [4.69, 9.17) is 4.74 Å². The van der Waals surface area contributed by atoms with Crippen LogP contribution in [0.25, 0.3) is 10.9 Å². The number of esters is 1. The molecule has 0 aliphatic heterocycles. The van der Waals surface area contributed by atoms with E-state index >= 15 is 0 Å². The molecule has 0 unspecified atom stereocenters. The number of sulfone groups is 1. The molecule has 0 fully saturated rings. The lowest BCUT2D eigenvalue weighted by Crippen LogP contribution is -2.25. The molecule has 0 aliphatic rings. The number of Topliss-reactive ketones (excluding diaryl/α,β-unsaturated/α-hetero) is 1. The van der Waals surface area contributed by atoms with E-state index < -0.39 is 21.9 Å². The maximum Gasteiger partial charge on any atom is 0.340 e. The zero-order valence-electron chi connectivity index (χ0n) is 14.9. The Balaban J connectivity index is 1.86. The highest BCUT2D eigenvalue weighted by Crippen LogP contribution is 2.22. The first-order valence-corrected chi connectivity index (χ1v) is 10.1. The number of ketones is 1. The van der Waals surface area contributed by atoms with Crippen LogP contribution in [0.2, 0.25) is 0 Å². The summed E-state index contributed by atoms with van der Waals surface area (Å²) in [6, 6.07) is 13.1. The van der Waals surface area contributed by atoms with Crippen molar-refractivity contribution in [1.82, 2.24) is 4.98 Å². The molecule has 140 valence electrons. The van der Waals surface area contributed by atoms with Crippen molar-refractivity contribution < 1.29 is 22.7 Å². The fourth-order valence-corrected chi connectivity index (χ4v) is 3.92. The average Bonchev–Trinajstić information content (AvgIpc) is 3.11. The van der Waals surface area contributed by atoms with Gasteiger partial charge in [0.15, 0.2) is 15.9 Å². The van der Waals surface area contributed by atoms with Crippen LogP contribution < -0.4 is 0 Å². The zero-order valence-corrected chi connectivity index (χ0v) is 15.7. The Kier molecular flexibility index (Phi) is 5.14. The first-order valence-electron chi connectivity index (χ1n) is 8.48. The molecule has 1 atom stereocenters. The molecule has 0 amide bonds. The van der Waals surface area contributed by atoms with E-state index in [-0.39, 0.29) is 22.0 Å². The Hall–Kier alpha value is -2.93. The van der Waals surface area contributed by atoms with E-state index in [9.17, 15) is 18.0 Å². The fraction of sp³-hybridized carbons (Fsp3) is 0.200. The van der Waals surface area contributed by atoms with Crippen LogP contribution in [0.3, 0.4) is 0 Å². The number of hydrogen-bond donors (Lipinski definition) is 1. The number of nitrogens with one attached hydrogen (secondary N) is 1. The summed E-state index contributed by atoms with van der Waals surface area (Å²) < 4.78 is 29.7. The van der Waals surface area contributed by atoms with Gasteiger partial charge in [0.25, 0.3) is 0 Å². The Bertz CT molecular complexity index is 1110. The number of aromatic amines is 1. The molecule has 1 aromatic heterocycles. The number of carbonyl (C=O) groups is 2. The Labute approximate surface area is 157 Å². The molecule has 0 radical (unpaired) electrons. The van der Waals surface area contributed by atoms with Crippen molar-refractivity contribution >= 4 is 32.5 Å². The van der Waals surface area contributed by atoms with Crippen molar-refractivity contribution in [2.24, 2.45) is 0 Å². The normalized spacial score (nSPS) is 12.7. The van der Waals surface area contributed by atoms with Crippen LogP contribution in [0.15, 0.2) is 59.6 Å². The lowest BCUT2D eigenvalue weighted by Gasteiger charge is -2.14. The summed E-state index contributed by atoms with van der Waals surface area (Å²) >= 11 is 0. The predicted molar refractivity (Wildman–Crippen MR) is 102 cm³/mol. The van der Waals surface area contributed by atoms with E-state index in [0.717, 1.165) is 10.9 Å². The average molecular weight is 385 g/mol. The molecular weight excluding hydrogens is 366 g/mol. The summed E-state index contributed by atoms with van der Waals surface area (Å²) in [7, 11) is -3.59. The van der Waals surface area contributed by atoms with Crippen molar-refractivity contribution in [2.45, 2.75) is 24.8 Å². The monoisotopic (exact) mass is 385 g/mol. The predicted octanol–water partition coefficient (Wildman–Crippen LogP) is 3.39. The van der Waals surface area contributed by atoms with Gasteiger partial charge in [-0.3, -0.25) is 4.79 Å². The van der Waals surface area contributed by atoms with Gasteiger partial charge in [-0.1, -0.05) is 37.3 Å². The highest BCUT2D eigenvalue weighted by atomic mass is 32.2. The molecule has 0 aliphatic carbocycles. The minimum Gasteiger partial charge on any atom is -0.451 e. The number of benzene rings is 2. The molecule has 0 spiro atoms. The second-order valence-electron chi connectivity index (χ2n) is 6.06. The minimum absolute atomic E-state index is 0.0714. The smallest absolute Gasteiger partial charge is 0.340 e. The van der Waals surface area contributed by atoms with Crippen LogP contribution in [0.1, 0.15) is 34.6 Å². The molecule has 3 aromatic rings. The van der Waals surface area contributed by atoms with Crippen molar-refractivity contribution in [1.29, 1.82) is 0 Å². The molecule has 3 rings (SSSR count). The molecule has 2 aromatic carbocycles. The molecule has 0 saturated heterocycles. The fourth-order valence-electron chi connectivity index (χ4n) is 2.83. The summed E-state index contributed by atoms with van der Waals surface area (Å²) in [4.78, 5) is 28.2. The SMILES string of the molecule is CCS(=O)(=O)c1ccccc1C(=O)O[C@@H](C)C(=O)c1c[nH]c2ccccc12. The molecule has 1 N–H and O–H groups in total. The number of H-pyrrole nitrogens is 1. The van der Waals surface area contributed by atoms with Crippen LogP contribution in [-0.2, 0) is 14.6 Å². The number of hydrogen-bond acceptors (Lipinski definition) is 5. The lowest BCUT2D eigenvalue weighted by molar-refractivity contribution is 0.0315. The maximum absolute atomic E-state index is 12.7. The highest BCUT2D eigenvalue weighted by molar-refractivity contribution is 7.91. The molecule has 7 heteroatoms. The first kappa shape index (κ1) is 18.8. The van der Waals surface area contributed by atoms with E-state index in [2.05, 4.69) is 4.98 Å². The third kappa shape index (κ3) is 3.64. The third-order valence-corrected chi connectivity index (χ3v) is 6.12. The van der Waals surface area contributed by atoms with Crippen LogP contribution in [0.5, 0.6) is 0 Å². The number of carbonyl (C=O) groups excluding carboxylic acids is 2. The number of fused-ring (bicyclic) bond motifs is 1. The number of rotatable bonds is 6. The van der Waals surface area contributed by atoms with E-state index in [1.807, 2.05) is 18.2 Å². The van der Waals surface area contributed by atoms with Gasteiger partial charge < -0.3 is 9.72 Å². The van der Waals surface area contributed by atoms with Gasteiger partial charge >= 0.3 is 5.97 Å². The minimum atomic E-state index is -3.59. The van der Waals surface area contributed by atoms with E-state index in [1.54, 1.807) is 24.4 Å². The molecule has 0 saturated carbocycles. The third-order valence-electron chi connectivity index (χ3n) is 4.33. The summed E-state index contributed by atoms with van der Waals surface area (Å²) in [5, 5.41) is 0.736. The largest absolute Gasteiger partial charge is 0.451 e. The molecular formula is C20H19NO5S. The standard InChI is InChI=1S/C20H19NO5S/c1-3-27(24,25)18-11-7-5-9-15(18)20(23)26-13(2)19(22)16-12-21-17-10-6-4-8-14(16)17/h4-13,21H,3H2,1-2H3/t13-/m0/s1. The quantitative estimate of drug-likeness (QED) is 0.519. The summed E-state index contributed by atoms with van der Waals surface area (Å²) in [5.74, 6) is -1.35. The highest BCUT2D eigenvalue weighted by Gasteiger charge is 2.26. The zero-order chi connectivity index (χ0) is 19.6. The Morgan fingerprint density at radius 1 is 1.04 bits per heavy atom. The number of ether oxygens (including phenoxy) is 1. The van der Waals surface area contributed by atoms with E-state index in [1.165, 1.54) is 26.0 Å². The van der Waals surface area contributed by atoms with Gasteiger partial charge in [-0.15, -0.1) is 0 Å². The van der Waals surface area contributed by atoms with Crippen LogP contribution in [0, 0.1) is 0 Å². The summed E-state index contributed by atoms with van der Waals surface area (Å²) in [6.07, 6.45) is 0.515. The second kappa shape index (κ2) is 7.36. The van der Waals surface area contributed by atoms with E-state index in [0.29, 0.717) is 5.56 Å². The second-order valence-corrected chi connectivity index (χ2v) is 8.31. The topological polar surface area (TPSA) is 93.3 Å². The van der Waals surface area contributed by atoms with Crippen LogP contribution in [0.4, 0.5) is 0 Å².